The van der Waals surface area contributed by atoms with E-state index in [1.807, 2.05) is 0 Å². The van der Waals surface area contributed by atoms with E-state index in [0.29, 0.717) is 11.1 Å². The summed E-state index contributed by atoms with van der Waals surface area (Å²) in [4.78, 5) is 11.1. The molecular formula is C17H19NO5S. The van der Waals surface area contributed by atoms with Gasteiger partial charge in [0.25, 0.3) is 0 Å². The monoisotopic (exact) mass is 349 g/mol. The lowest BCUT2D eigenvalue weighted by molar-refractivity contribution is -0.140. The first kappa shape index (κ1) is 18.0. The number of para-hydroxylation sites is 1. The van der Waals surface area contributed by atoms with Gasteiger partial charge in [0.2, 0.25) is 10.0 Å². The summed E-state index contributed by atoms with van der Waals surface area (Å²) in [6.07, 6.45) is 0. The third-order valence-electron chi connectivity index (χ3n) is 3.59. The number of phenols is 1. The number of aromatic hydroxyl groups is 1. The van der Waals surface area contributed by atoms with E-state index >= 15 is 0 Å². The van der Waals surface area contributed by atoms with Crippen LogP contribution in [-0.4, -0.2) is 30.6 Å². The Morgan fingerprint density at radius 3 is 2.12 bits per heavy atom. The molecule has 0 radical (unpaired) electrons. The first-order valence-corrected chi connectivity index (χ1v) is 8.84. The van der Waals surface area contributed by atoms with Crippen LogP contribution in [0.2, 0.25) is 0 Å². The molecule has 7 heteroatoms. The molecule has 0 aliphatic rings. The number of carboxylic acid groups (broad SMARTS) is 1. The summed E-state index contributed by atoms with van der Waals surface area (Å²) in [5, 5.41) is 19.0. The fourth-order valence-corrected chi connectivity index (χ4v) is 3.58. The van der Waals surface area contributed by atoms with Crippen molar-refractivity contribution >= 4 is 16.0 Å². The van der Waals surface area contributed by atoms with Gasteiger partial charge in [-0.15, -0.1) is 0 Å². The Kier molecular flexibility index (Phi) is 5.26. The van der Waals surface area contributed by atoms with Crippen LogP contribution in [-0.2, 0) is 14.8 Å². The molecule has 2 rings (SSSR count). The number of aliphatic carboxylic acids is 1. The molecule has 128 valence electrons. The highest BCUT2D eigenvalue weighted by molar-refractivity contribution is 7.89. The summed E-state index contributed by atoms with van der Waals surface area (Å²) in [5.41, 5.74) is 1.24. The zero-order chi connectivity index (χ0) is 17.9. The van der Waals surface area contributed by atoms with E-state index < -0.39 is 28.0 Å². The molecule has 2 aromatic carbocycles. The van der Waals surface area contributed by atoms with Crippen LogP contribution in [0.25, 0.3) is 11.1 Å². The summed E-state index contributed by atoms with van der Waals surface area (Å²) in [6, 6.07) is 11.4. The van der Waals surface area contributed by atoms with Crippen molar-refractivity contribution in [1.29, 1.82) is 0 Å². The topological polar surface area (TPSA) is 104 Å². The second-order valence-electron chi connectivity index (χ2n) is 5.72. The van der Waals surface area contributed by atoms with Crippen LogP contribution in [0.15, 0.2) is 53.4 Å². The first-order valence-electron chi connectivity index (χ1n) is 7.36. The Morgan fingerprint density at radius 2 is 1.62 bits per heavy atom. The van der Waals surface area contributed by atoms with Crippen molar-refractivity contribution in [3.8, 4) is 16.9 Å². The molecule has 24 heavy (non-hydrogen) atoms. The summed E-state index contributed by atoms with van der Waals surface area (Å²) in [5.74, 6) is -1.52. The number of benzene rings is 2. The van der Waals surface area contributed by atoms with E-state index in [1.54, 1.807) is 50.2 Å². The number of carbonyl (C=O) groups is 1. The van der Waals surface area contributed by atoms with Crippen LogP contribution in [0.5, 0.6) is 5.75 Å². The minimum absolute atomic E-state index is 0.0337. The van der Waals surface area contributed by atoms with Crippen LogP contribution >= 0.6 is 0 Å². The molecule has 0 spiro atoms. The average Bonchev–Trinajstić information content (AvgIpc) is 2.53. The summed E-state index contributed by atoms with van der Waals surface area (Å²) >= 11 is 0. The van der Waals surface area contributed by atoms with Crippen molar-refractivity contribution in [2.45, 2.75) is 24.8 Å². The Bertz CT molecular complexity index is 828. The molecule has 0 saturated carbocycles. The lowest BCUT2D eigenvalue weighted by Gasteiger charge is -2.18. The van der Waals surface area contributed by atoms with E-state index in [0.717, 1.165) is 0 Å². The zero-order valence-corrected chi connectivity index (χ0v) is 14.1. The molecular weight excluding hydrogens is 330 g/mol. The molecule has 6 nitrogen and oxygen atoms in total. The minimum Gasteiger partial charge on any atom is -0.507 e. The van der Waals surface area contributed by atoms with Crippen LogP contribution in [0.3, 0.4) is 0 Å². The number of nitrogens with one attached hydrogen (secondary N) is 1. The van der Waals surface area contributed by atoms with Crippen molar-refractivity contribution in [3.05, 3.63) is 48.5 Å². The Morgan fingerprint density at radius 1 is 1.04 bits per heavy atom. The number of hydrogen-bond acceptors (Lipinski definition) is 4. The van der Waals surface area contributed by atoms with Crippen LogP contribution in [0, 0.1) is 5.92 Å². The Balaban J connectivity index is 2.30. The van der Waals surface area contributed by atoms with E-state index in [-0.39, 0.29) is 10.6 Å². The maximum absolute atomic E-state index is 12.3. The van der Waals surface area contributed by atoms with Gasteiger partial charge >= 0.3 is 5.97 Å². The Labute approximate surface area is 140 Å². The van der Waals surface area contributed by atoms with Gasteiger partial charge in [-0.1, -0.05) is 44.2 Å². The molecule has 0 unspecified atom stereocenters. The molecule has 0 fully saturated rings. The van der Waals surface area contributed by atoms with Crippen LogP contribution < -0.4 is 4.72 Å². The second-order valence-corrected chi connectivity index (χ2v) is 7.44. The summed E-state index contributed by atoms with van der Waals surface area (Å²) in [6.45, 7) is 3.26. The molecule has 0 amide bonds. The fourth-order valence-electron chi connectivity index (χ4n) is 2.24. The van der Waals surface area contributed by atoms with Crippen molar-refractivity contribution in [2.24, 2.45) is 5.92 Å². The molecule has 0 bridgehead atoms. The minimum atomic E-state index is -3.95. The van der Waals surface area contributed by atoms with Crippen molar-refractivity contribution in [2.75, 3.05) is 0 Å². The number of sulfonamides is 1. The van der Waals surface area contributed by atoms with Crippen molar-refractivity contribution in [1.82, 2.24) is 4.72 Å². The zero-order valence-electron chi connectivity index (χ0n) is 13.3. The van der Waals surface area contributed by atoms with Crippen molar-refractivity contribution in [3.63, 3.8) is 0 Å². The predicted molar refractivity (Wildman–Crippen MR) is 90.1 cm³/mol. The third-order valence-corrected chi connectivity index (χ3v) is 5.05. The standard InChI is InChI=1S/C17H19NO5S/c1-11(2)16(17(20)21)18-24(22,23)13-9-7-12(8-10-13)14-5-3-4-6-15(14)19/h3-11,16,18-19H,1-2H3,(H,20,21)/t16-/m1/s1. The molecule has 0 aromatic heterocycles. The van der Waals surface area contributed by atoms with Gasteiger partial charge in [-0.25, -0.2) is 8.42 Å². The van der Waals surface area contributed by atoms with Crippen molar-refractivity contribution < 1.29 is 23.4 Å². The van der Waals surface area contributed by atoms with Gasteiger partial charge < -0.3 is 10.2 Å². The fraction of sp³-hybridized carbons (Fsp3) is 0.235. The predicted octanol–water partition coefficient (Wildman–Crippen LogP) is 2.45. The van der Waals surface area contributed by atoms with Gasteiger partial charge in [0.05, 0.1) is 4.90 Å². The van der Waals surface area contributed by atoms with Gasteiger partial charge in [-0.3, -0.25) is 4.79 Å². The number of rotatable bonds is 6. The van der Waals surface area contributed by atoms with E-state index in [1.165, 1.54) is 12.1 Å². The average molecular weight is 349 g/mol. The van der Waals surface area contributed by atoms with Gasteiger partial charge in [0.15, 0.2) is 0 Å². The van der Waals surface area contributed by atoms with E-state index in [2.05, 4.69) is 4.72 Å². The number of phenolic OH excluding ortho intramolecular Hbond substituents is 1. The number of hydrogen-bond donors (Lipinski definition) is 3. The largest absolute Gasteiger partial charge is 0.507 e. The first-order chi connectivity index (χ1) is 11.2. The lowest BCUT2D eigenvalue weighted by Crippen LogP contribution is -2.44. The SMILES string of the molecule is CC(C)[C@@H](NS(=O)(=O)c1ccc(-c2ccccc2O)cc1)C(=O)O. The lowest BCUT2D eigenvalue weighted by atomic mass is 10.1. The highest BCUT2D eigenvalue weighted by Crippen LogP contribution is 2.29. The molecule has 0 heterocycles. The Hall–Kier alpha value is -2.38. The van der Waals surface area contributed by atoms with Crippen LogP contribution in [0.1, 0.15) is 13.8 Å². The molecule has 1 atom stereocenters. The van der Waals surface area contributed by atoms with E-state index in [4.69, 9.17) is 5.11 Å². The molecule has 0 saturated heterocycles. The normalized spacial score (nSPS) is 13.0. The van der Waals surface area contributed by atoms with Gasteiger partial charge in [-0.05, 0) is 29.7 Å². The maximum atomic E-state index is 12.3. The molecule has 2 aromatic rings. The van der Waals surface area contributed by atoms with E-state index in [9.17, 15) is 18.3 Å². The number of carboxylic acids is 1. The van der Waals surface area contributed by atoms with Gasteiger partial charge in [-0.2, -0.15) is 4.72 Å². The molecule has 0 aliphatic carbocycles. The second kappa shape index (κ2) is 7.02. The van der Waals surface area contributed by atoms with Crippen LogP contribution in [0.4, 0.5) is 0 Å². The quantitative estimate of drug-likeness (QED) is 0.743. The van der Waals surface area contributed by atoms with Gasteiger partial charge in [0.1, 0.15) is 11.8 Å². The molecule has 0 aliphatic heterocycles. The van der Waals surface area contributed by atoms with Gasteiger partial charge in [0, 0.05) is 5.56 Å². The summed E-state index contributed by atoms with van der Waals surface area (Å²) in [7, 11) is -3.95. The third kappa shape index (κ3) is 3.93. The highest BCUT2D eigenvalue weighted by Gasteiger charge is 2.27. The smallest absolute Gasteiger partial charge is 0.322 e. The maximum Gasteiger partial charge on any atom is 0.322 e. The molecule has 3 N–H and O–H groups in total. The highest BCUT2D eigenvalue weighted by atomic mass is 32.2. The summed E-state index contributed by atoms with van der Waals surface area (Å²) < 4.78 is 26.9.